The predicted molar refractivity (Wildman–Crippen MR) is 79.1 cm³/mol. The number of carbonyl (C=O) groups excluding carboxylic acids is 2. The molecule has 7 heteroatoms. The van der Waals surface area contributed by atoms with Crippen molar-refractivity contribution in [3.8, 4) is 0 Å². The lowest BCUT2D eigenvalue weighted by Gasteiger charge is -2.48. The summed E-state index contributed by atoms with van der Waals surface area (Å²) >= 11 is 5.70. The first-order valence-electron chi connectivity index (χ1n) is 7.22. The van der Waals surface area contributed by atoms with Crippen molar-refractivity contribution in [1.82, 2.24) is 5.32 Å². The second kappa shape index (κ2) is 5.48. The highest BCUT2D eigenvalue weighted by Crippen LogP contribution is 2.47. The van der Waals surface area contributed by atoms with Crippen LogP contribution in [0.1, 0.15) is 25.7 Å². The maximum atomic E-state index is 12.5. The van der Waals surface area contributed by atoms with Crippen LogP contribution in [-0.4, -0.2) is 43.1 Å². The van der Waals surface area contributed by atoms with Gasteiger partial charge in [-0.15, -0.1) is 11.6 Å². The van der Waals surface area contributed by atoms with Gasteiger partial charge in [0.05, 0.1) is 18.1 Å². The molecule has 0 aromatic heterocycles. The Morgan fingerprint density at radius 3 is 2.86 bits per heavy atom. The van der Waals surface area contributed by atoms with Crippen LogP contribution in [0, 0.1) is 11.8 Å². The summed E-state index contributed by atoms with van der Waals surface area (Å²) < 4.78 is 11.1. The van der Waals surface area contributed by atoms with E-state index in [1.165, 1.54) is 0 Å². The van der Waals surface area contributed by atoms with E-state index in [-0.39, 0.29) is 11.8 Å². The van der Waals surface area contributed by atoms with Crippen molar-refractivity contribution in [2.75, 3.05) is 5.88 Å². The van der Waals surface area contributed by atoms with Gasteiger partial charge in [-0.3, -0.25) is 13.8 Å². The molecule has 3 rings (SSSR count). The predicted octanol–water partition coefficient (Wildman–Crippen LogP) is 0.475. The minimum atomic E-state index is -2.00. The van der Waals surface area contributed by atoms with Gasteiger partial charge in [0.25, 0.3) is 0 Å². The van der Waals surface area contributed by atoms with Gasteiger partial charge in [0.2, 0.25) is 11.0 Å². The van der Waals surface area contributed by atoms with Gasteiger partial charge in [0, 0.05) is 11.8 Å². The standard InChI is InChI=1S/C14H18ClNO4S/c15-7-6-9-10-14(13(19)16-10,21(20)12(9)18)11(17)8-4-2-1-3-5-8/h2,4,8-11,17H,1,3,5-7H2,(H,16,19)/t8?,9?,10?,11-,14?,21?/m0/s1. The topological polar surface area (TPSA) is 83.5 Å². The lowest BCUT2D eigenvalue weighted by molar-refractivity contribution is -0.140. The van der Waals surface area contributed by atoms with Crippen molar-refractivity contribution in [2.24, 2.45) is 11.8 Å². The molecule has 2 heterocycles. The molecule has 0 saturated carbocycles. The van der Waals surface area contributed by atoms with Crippen LogP contribution in [0.5, 0.6) is 0 Å². The number of hydrogen-bond acceptors (Lipinski definition) is 4. The molecule has 116 valence electrons. The molecular formula is C14H18ClNO4S. The quantitative estimate of drug-likeness (QED) is 0.446. The Balaban J connectivity index is 1.95. The van der Waals surface area contributed by atoms with Crippen molar-refractivity contribution in [2.45, 2.75) is 42.6 Å². The Morgan fingerprint density at radius 2 is 2.29 bits per heavy atom. The number of halogens is 1. The van der Waals surface area contributed by atoms with Crippen LogP contribution >= 0.6 is 11.6 Å². The third-order valence-corrected chi connectivity index (χ3v) is 7.04. The molecule has 0 aromatic carbocycles. The number of amides is 1. The Kier molecular flexibility index (Phi) is 3.96. The summed E-state index contributed by atoms with van der Waals surface area (Å²) in [5.74, 6) is -0.986. The second-order valence-corrected chi connectivity index (χ2v) is 7.88. The van der Waals surface area contributed by atoms with Crippen LogP contribution in [0.25, 0.3) is 0 Å². The van der Waals surface area contributed by atoms with E-state index in [9.17, 15) is 18.9 Å². The van der Waals surface area contributed by atoms with Gasteiger partial charge in [-0.2, -0.15) is 0 Å². The molecular weight excluding hydrogens is 314 g/mol. The lowest BCUT2D eigenvalue weighted by Crippen LogP contribution is -2.78. The molecule has 5 unspecified atom stereocenters. The molecule has 1 amide bonds. The Bertz CT molecular complexity index is 537. The number of fused-ring (bicyclic) bond motifs is 1. The number of hydrogen-bond donors (Lipinski definition) is 2. The average Bonchev–Trinajstić information content (AvgIpc) is 2.66. The Labute approximate surface area is 130 Å². The maximum Gasteiger partial charge on any atom is 0.244 e. The third kappa shape index (κ3) is 1.95. The van der Waals surface area contributed by atoms with E-state index >= 15 is 0 Å². The number of carbonyl (C=O) groups is 2. The van der Waals surface area contributed by atoms with Crippen molar-refractivity contribution < 1.29 is 18.9 Å². The largest absolute Gasteiger partial charge is 0.390 e. The molecule has 0 bridgehead atoms. The highest BCUT2D eigenvalue weighted by atomic mass is 35.5. The maximum absolute atomic E-state index is 12.5. The molecule has 5 nitrogen and oxygen atoms in total. The van der Waals surface area contributed by atoms with Crippen molar-refractivity contribution in [1.29, 1.82) is 0 Å². The van der Waals surface area contributed by atoms with Crippen molar-refractivity contribution in [3.63, 3.8) is 0 Å². The molecule has 0 aromatic rings. The molecule has 2 aliphatic heterocycles. The van der Waals surface area contributed by atoms with Crippen LogP contribution < -0.4 is 5.32 Å². The van der Waals surface area contributed by atoms with E-state index < -0.39 is 44.6 Å². The third-order valence-electron chi connectivity index (χ3n) is 4.85. The first-order chi connectivity index (χ1) is 10.0. The summed E-state index contributed by atoms with van der Waals surface area (Å²) in [6.45, 7) is 0. The van der Waals surface area contributed by atoms with Crippen LogP contribution in [0.3, 0.4) is 0 Å². The van der Waals surface area contributed by atoms with E-state index in [0.29, 0.717) is 6.42 Å². The van der Waals surface area contributed by atoms with Gasteiger partial charge >= 0.3 is 0 Å². The van der Waals surface area contributed by atoms with Crippen molar-refractivity contribution in [3.05, 3.63) is 12.2 Å². The van der Waals surface area contributed by atoms with Gasteiger partial charge in [-0.25, -0.2) is 0 Å². The fraction of sp³-hybridized carbons (Fsp3) is 0.714. The molecule has 6 atom stereocenters. The first kappa shape index (κ1) is 15.2. The Hall–Kier alpha value is -0.720. The molecule has 3 aliphatic rings. The van der Waals surface area contributed by atoms with Gasteiger partial charge in [0.15, 0.2) is 4.75 Å². The Morgan fingerprint density at radius 1 is 1.52 bits per heavy atom. The summed E-state index contributed by atoms with van der Waals surface area (Å²) in [6.07, 6.45) is 5.74. The number of aliphatic hydroxyl groups excluding tert-OH is 1. The summed E-state index contributed by atoms with van der Waals surface area (Å²) in [5.41, 5.74) is 0. The number of β-lactam (4-membered cyclic amide) rings is 1. The lowest BCUT2D eigenvalue weighted by atomic mass is 9.72. The fourth-order valence-electron chi connectivity index (χ4n) is 3.71. The highest BCUT2D eigenvalue weighted by molar-refractivity contribution is 8.03. The zero-order valence-electron chi connectivity index (χ0n) is 11.5. The van der Waals surface area contributed by atoms with E-state index in [0.717, 1.165) is 19.3 Å². The van der Waals surface area contributed by atoms with E-state index in [1.807, 2.05) is 12.2 Å². The number of rotatable bonds is 4. The monoisotopic (exact) mass is 331 g/mol. The van der Waals surface area contributed by atoms with Crippen LogP contribution in [-0.2, 0) is 20.4 Å². The number of alkyl halides is 1. The molecule has 0 radical (unpaired) electrons. The molecule has 2 fully saturated rings. The van der Waals surface area contributed by atoms with Gasteiger partial charge in [-0.05, 0) is 25.7 Å². The molecule has 2 N–H and O–H groups in total. The fourth-order valence-corrected chi connectivity index (χ4v) is 5.89. The van der Waals surface area contributed by atoms with Crippen LogP contribution in [0.15, 0.2) is 12.2 Å². The van der Waals surface area contributed by atoms with E-state index in [1.54, 1.807) is 0 Å². The van der Waals surface area contributed by atoms with Crippen LogP contribution in [0.2, 0.25) is 0 Å². The smallest absolute Gasteiger partial charge is 0.244 e. The highest BCUT2D eigenvalue weighted by Gasteiger charge is 2.74. The number of nitrogens with one attached hydrogen (secondary N) is 1. The zero-order valence-corrected chi connectivity index (χ0v) is 13.0. The van der Waals surface area contributed by atoms with Crippen molar-refractivity contribution >= 4 is 33.4 Å². The van der Waals surface area contributed by atoms with E-state index in [4.69, 9.17) is 11.6 Å². The van der Waals surface area contributed by atoms with Crippen LogP contribution in [0.4, 0.5) is 0 Å². The first-order valence-corrected chi connectivity index (χ1v) is 8.91. The van der Waals surface area contributed by atoms with Gasteiger partial charge < -0.3 is 10.4 Å². The molecule has 0 spiro atoms. The normalized spacial score (nSPS) is 43.1. The zero-order chi connectivity index (χ0) is 15.2. The SMILES string of the molecule is O=C1C(CCCl)C2NC(=O)C2([C@@H](O)C2C=CCCC2)S1=O. The minimum Gasteiger partial charge on any atom is -0.390 e. The van der Waals surface area contributed by atoms with Gasteiger partial charge in [-0.1, -0.05) is 12.2 Å². The average molecular weight is 332 g/mol. The summed E-state index contributed by atoms with van der Waals surface area (Å²) in [4.78, 5) is 24.4. The van der Waals surface area contributed by atoms with E-state index in [2.05, 4.69) is 5.32 Å². The second-order valence-electron chi connectivity index (χ2n) is 5.88. The number of allylic oxidation sites excluding steroid dienone is 1. The van der Waals surface area contributed by atoms with Gasteiger partial charge in [0.1, 0.15) is 10.8 Å². The summed E-state index contributed by atoms with van der Waals surface area (Å²) in [6, 6.07) is -0.553. The summed E-state index contributed by atoms with van der Waals surface area (Å²) in [7, 11) is -2.00. The summed E-state index contributed by atoms with van der Waals surface area (Å²) in [5, 5.41) is 12.9. The molecule has 1 aliphatic carbocycles. The minimum absolute atomic E-state index is 0.223. The molecule has 21 heavy (non-hydrogen) atoms. The number of aliphatic hydroxyl groups is 1. The molecule has 2 saturated heterocycles.